The van der Waals surface area contributed by atoms with E-state index in [2.05, 4.69) is 9.97 Å². The van der Waals surface area contributed by atoms with Crippen molar-refractivity contribution < 1.29 is 5.11 Å². The van der Waals surface area contributed by atoms with Gasteiger partial charge in [0.05, 0.1) is 5.52 Å². The van der Waals surface area contributed by atoms with Gasteiger partial charge in [0.1, 0.15) is 10.9 Å². The molecule has 94 valence electrons. The predicted molar refractivity (Wildman–Crippen MR) is 76.4 cm³/mol. The van der Waals surface area contributed by atoms with Crippen molar-refractivity contribution in [3.05, 3.63) is 53.2 Å². The van der Waals surface area contributed by atoms with Crippen LogP contribution in [0, 0.1) is 6.92 Å². The van der Waals surface area contributed by atoms with Gasteiger partial charge in [0.2, 0.25) is 0 Å². The monoisotopic (exact) mass is 270 g/mol. The molecule has 0 atom stereocenters. The van der Waals surface area contributed by atoms with Gasteiger partial charge in [-0.1, -0.05) is 35.4 Å². The van der Waals surface area contributed by atoms with E-state index < -0.39 is 0 Å². The highest BCUT2D eigenvalue weighted by Crippen LogP contribution is 2.27. The summed E-state index contributed by atoms with van der Waals surface area (Å²) < 4.78 is 0. The van der Waals surface area contributed by atoms with E-state index in [9.17, 15) is 5.11 Å². The van der Waals surface area contributed by atoms with Gasteiger partial charge < -0.3 is 5.11 Å². The Morgan fingerprint density at radius 2 is 1.89 bits per heavy atom. The van der Waals surface area contributed by atoms with Gasteiger partial charge in [0, 0.05) is 10.9 Å². The Bertz CT molecular complexity index is 771. The fourth-order valence-electron chi connectivity index (χ4n) is 1.99. The number of nitrogens with zero attached hydrogens (tertiary/aromatic N) is 2. The van der Waals surface area contributed by atoms with Crippen LogP contribution >= 0.6 is 11.6 Å². The summed E-state index contributed by atoms with van der Waals surface area (Å²) in [4.78, 5) is 8.78. The Hall–Kier alpha value is -2.13. The Balaban J connectivity index is 2.24. The number of rotatable bonds is 1. The molecular weight excluding hydrogens is 260 g/mol. The van der Waals surface area contributed by atoms with E-state index in [-0.39, 0.29) is 5.75 Å². The topological polar surface area (TPSA) is 46.0 Å². The lowest BCUT2D eigenvalue weighted by Crippen LogP contribution is -1.92. The molecule has 19 heavy (non-hydrogen) atoms. The fourth-order valence-corrected chi connectivity index (χ4v) is 2.22. The maximum absolute atomic E-state index is 9.46. The van der Waals surface area contributed by atoms with Crippen molar-refractivity contribution in [3.63, 3.8) is 0 Å². The number of phenols is 1. The number of aromatic hydroxyl groups is 1. The van der Waals surface area contributed by atoms with E-state index in [1.165, 1.54) is 0 Å². The van der Waals surface area contributed by atoms with Crippen molar-refractivity contribution in [2.75, 3.05) is 0 Å². The van der Waals surface area contributed by atoms with Crippen molar-refractivity contribution >= 4 is 22.5 Å². The van der Waals surface area contributed by atoms with Gasteiger partial charge in [-0.25, -0.2) is 9.97 Å². The molecule has 1 heterocycles. The summed E-state index contributed by atoms with van der Waals surface area (Å²) in [5.41, 5.74) is 2.79. The fraction of sp³-hybridized carbons (Fsp3) is 0.0667. The molecule has 0 aliphatic rings. The number of benzene rings is 2. The van der Waals surface area contributed by atoms with Crippen LogP contribution in [-0.2, 0) is 0 Å². The zero-order valence-electron chi connectivity index (χ0n) is 10.3. The average Bonchev–Trinajstić information content (AvgIpc) is 2.39. The molecule has 1 N–H and O–H groups in total. The zero-order chi connectivity index (χ0) is 13.4. The summed E-state index contributed by atoms with van der Waals surface area (Å²) in [6.45, 7) is 2.02. The normalized spacial score (nSPS) is 10.8. The SMILES string of the molecule is Cc1cccc(-c2nc(Cl)c3cc(O)ccc3n2)c1. The summed E-state index contributed by atoms with van der Waals surface area (Å²) in [5.74, 6) is 0.744. The van der Waals surface area contributed by atoms with Gasteiger partial charge in [-0.3, -0.25) is 0 Å². The minimum absolute atomic E-state index is 0.154. The van der Waals surface area contributed by atoms with Gasteiger partial charge >= 0.3 is 0 Å². The first-order valence-corrected chi connectivity index (χ1v) is 6.24. The number of phenolic OH excluding ortho intramolecular Hbond substituents is 1. The zero-order valence-corrected chi connectivity index (χ0v) is 11.0. The number of aromatic nitrogens is 2. The molecule has 2 aromatic carbocycles. The van der Waals surface area contributed by atoms with E-state index in [1.807, 2.05) is 31.2 Å². The van der Waals surface area contributed by atoms with E-state index in [0.29, 0.717) is 21.9 Å². The van der Waals surface area contributed by atoms with Gasteiger partial charge in [-0.05, 0) is 31.2 Å². The van der Waals surface area contributed by atoms with Crippen LogP contribution in [0.1, 0.15) is 5.56 Å². The largest absolute Gasteiger partial charge is 0.508 e. The maximum Gasteiger partial charge on any atom is 0.161 e. The molecule has 3 aromatic rings. The summed E-state index contributed by atoms with van der Waals surface area (Å²) >= 11 is 6.16. The maximum atomic E-state index is 9.46. The smallest absolute Gasteiger partial charge is 0.161 e. The second-order valence-corrected chi connectivity index (χ2v) is 4.77. The lowest BCUT2D eigenvalue weighted by molar-refractivity contribution is 0.476. The highest BCUT2D eigenvalue weighted by atomic mass is 35.5. The van der Waals surface area contributed by atoms with Gasteiger partial charge in [0.25, 0.3) is 0 Å². The van der Waals surface area contributed by atoms with E-state index >= 15 is 0 Å². The van der Waals surface area contributed by atoms with Crippen LogP contribution in [0.4, 0.5) is 0 Å². The molecule has 0 bridgehead atoms. The standard InChI is InChI=1S/C15H11ClN2O/c1-9-3-2-4-10(7-9)15-17-13-6-5-11(19)8-12(13)14(16)18-15/h2-8,19H,1H3. The van der Waals surface area contributed by atoms with Crippen molar-refractivity contribution in [2.45, 2.75) is 6.92 Å². The van der Waals surface area contributed by atoms with Crippen molar-refractivity contribution in [1.29, 1.82) is 0 Å². The molecule has 0 radical (unpaired) electrons. The highest BCUT2D eigenvalue weighted by Gasteiger charge is 2.08. The molecule has 0 unspecified atom stereocenters. The molecule has 1 aromatic heterocycles. The van der Waals surface area contributed by atoms with E-state index in [4.69, 9.17) is 11.6 Å². The molecule has 0 fully saturated rings. The lowest BCUT2D eigenvalue weighted by Gasteiger charge is -2.05. The minimum atomic E-state index is 0.154. The van der Waals surface area contributed by atoms with Gasteiger partial charge in [-0.2, -0.15) is 0 Å². The van der Waals surface area contributed by atoms with Crippen molar-refractivity contribution in [2.24, 2.45) is 0 Å². The second kappa shape index (κ2) is 4.52. The summed E-state index contributed by atoms with van der Waals surface area (Å²) in [6, 6.07) is 12.8. The van der Waals surface area contributed by atoms with Crippen molar-refractivity contribution in [3.8, 4) is 17.1 Å². The van der Waals surface area contributed by atoms with Crippen LogP contribution in [0.3, 0.4) is 0 Å². The number of hydrogen-bond donors (Lipinski definition) is 1. The predicted octanol–water partition coefficient (Wildman–Crippen LogP) is 3.96. The molecule has 4 heteroatoms. The van der Waals surface area contributed by atoms with Gasteiger partial charge in [-0.15, -0.1) is 0 Å². The highest BCUT2D eigenvalue weighted by molar-refractivity contribution is 6.34. The molecule has 0 aliphatic carbocycles. The third-order valence-corrected chi connectivity index (χ3v) is 3.20. The number of fused-ring (bicyclic) bond motifs is 1. The molecule has 3 rings (SSSR count). The molecule has 3 nitrogen and oxygen atoms in total. The number of halogens is 1. The molecule has 0 aliphatic heterocycles. The molecular formula is C15H11ClN2O. The second-order valence-electron chi connectivity index (χ2n) is 4.41. The third kappa shape index (κ3) is 2.25. The first-order valence-electron chi connectivity index (χ1n) is 5.87. The van der Waals surface area contributed by atoms with E-state index in [1.54, 1.807) is 18.2 Å². The van der Waals surface area contributed by atoms with Crippen LogP contribution < -0.4 is 0 Å². The Labute approximate surface area is 115 Å². The van der Waals surface area contributed by atoms with Crippen LogP contribution in [0.5, 0.6) is 5.75 Å². The molecule has 0 saturated heterocycles. The van der Waals surface area contributed by atoms with Crippen LogP contribution in [0.15, 0.2) is 42.5 Å². The lowest BCUT2D eigenvalue weighted by atomic mass is 10.1. The Morgan fingerprint density at radius 3 is 2.68 bits per heavy atom. The van der Waals surface area contributed by atoms with Crippen molar-refractivity contribution in [1.82, 2.24) is 9.97 Å². The molecule has 0 saturated carbocycles. The van der Waals surface area contributed by atoms with Gasteiger partial charge in [0.15, 0.2) is 5.82 Å². The van der Waals surface area contributed by atoms with Crippen LogP contribution in [-0.4, -0.2) is 15.1 Å². The first-order chi connectivity index (χ1) is 9.13. The van der Waals surface area contributed by atoms with Crippen LogP contribution in [0.2, 0.25) is 5.15 Å². The van der Waals surface area contributed by atoms with E-state index in [0.717, 1.165) is 11.1 Å². The third-order valence-electron chi connectivity index (χ3n) is 2.91. The number of hydrogen-bond acceptors (Lipinski definition) is 3. The Kier molecular flexibility index (Phi) is 2.84. The Morgan fingerprint density at radius 1 is 1.05 bits per heavy atom. The molecule has 0 spiro atoms. The number of aryl methyl sites for hydroxylation is 1. The quantitative estimate of drug-likeness (QED) is 0.681. The summed E-state index contributed by atoms with van der Waals surface area (Å²) in [7, 11) is 0. The summed E-state index contributed by atoms with van der Waals surface area (Å²) in [5, 5.41) is 10.5. The minimum Gasteiger partial charge on any atom is -0.508 e. The average molecular weight is 271 g/mol. The molecule has 0 amide bonds. The van der Waals surface area contributed by atoms with Crippen LogP contribution in [0.25, 0.3) is 22.3 Å². The summed E-state index contributed by atoms with van der Waals surface area (Å²) in [6.07, 6.45) is 0. The first kappa shape index (κ1) is 11.9.